The van der Waals surface area contributed by atoms with Crippen molar-refractivity contribution >= 4 is 19.5 Å². The number of hydrogen-bond acceptors (Lipinski definition) is 7. The van der Waals surface area contributed by atoms with E-state index in [0.717, 1.165) is 6.92 Å². The fourth-order valence-corrected chi connectivity index (χ4v) is 1.86. The number of halogens is 2. The van der Waals surface area contributed by atoms with Crippen molar-refractivity contribution in [2.75, 3.05) is 6.61 Å². The molecule has 0 rings (SSSR count). The molecule has 0 fully saturated rings. The molecule has 0 aliphatic rings. The quantitative estimate of drug-likeness (QED) is 0.111. The molecular formula is C24H11F2Na2O7P. The average Bonchev–Trinajstić information content (AvgIpc) is 2.73. The third kappa shape index (κ3) is 20.8. The minimum absolute atomic E-state index is 0. The van der Waals surface area contributed by atoms with Crippen molar-refractivity contribution in [3.05, 3.63) is 0 Å². The molecule has 0 aliphatic heterocycles. The summed E-state index contributed by atoms with van der Waals surface area (Å²) in [6.45, 7) is 1.66. The van der Waals surface area contributed by atoms with Crippen molar-refractivity contribution in [3.63, 3.8) is 0 Å². The molecule has 12 heteroatoms. The van der Waals surface area contributed by atoms with Crippen LogP contribution in [0.2, 0.25) is 0 Å². The Morgan fingerprint density at radius 1 is 0.833 bits per heavy atom. The number of ether oxygens (including phenoxy) is 2. The van der Waals surface area contributed by atoms with Gasteiger partial charge in [0.1, 0.15) is 12.7 Å². The Hall–Kier alpha value is -2.57. The van der Waals surface area contributed by atoms with Crippen LogP contribution in [0.15, 0.2) is 0 Å². The first-order chi connectivity index (χ1) is 16.0. The van der Waals surface area contributed by atoms with E-state index >= 15 is 0 Å². The van der Waals surface area contributed by atoms with Gasteiger partial charge in [0.05, 0.1) is 6.42 Å². The fraction of sp³-hybridized carbons (Fsp3) is 0.250. The Balaban J connectivity index is -0.00000544. The van der Waals surface area contributed by atoms with Gasteiger partial charge in [-0.1, -0.05) is 5.92 Å². The second kappa shape index (κ2) is 21.7. The van der Waals surface area contributed by atoms with E-state index in [1.807, 2.05) is 11.8 Å². The first-order valence-electron chi connectivity index (χ1n) is 8.66. The zero-order valence-corrected chi connectivity index (χ0v) is 24.4. The molecule has 0 saturated carbocycles. The Morgan fingerprint density at radius 2 is 1.22 bits per heavy atom. The zero-order chi connectivity index (χ0) is 25.9. The molecule has 7 nitrogen and oxygen atoms in total. The van der Waals surface area contributed by atoms with Gasteiger partial charge in [0.2, 0.25) is 0 Å². The van der Waals surface area contributed by atoms with Gasteiger partial charge >= 0.3 is 71.1 Å². The maximum Gasteiger partial charge on any atom is 1.00 e. The van der Waals surface area contributed by atoms with Crippen LogP contribution in [0.3, 0.4) is 0 Å². The summed E-state index contributed by atoms with van der Waals surface area (Å²) in [5.41, 5.74) is -4.74. The van der Waals surface area contributed by atoms with Crippen LogP contribution in [0, 0.1) is 94.7 Å². The number of esters is 2. The first-order valence-corrected chi connectivity index (χ1v) is 10.2. The van der Waals surface area contributed by atoms with Crippen molar-refractivity contribution < 1.29 is 101 Å². The van der Waals surface area contributed by atoms with E-state index in [2.05, 4.69) is 92.4 Å². The van der Waals surface area contributed by atoms with Gasteiger partial charge in [-0.05, 0) is 89.8 Å². The van der Waals surface area contributed by atoms with Crippen LogP contribution in [0.5, 0.6) is 0 Å². The summed E-state index contributed by atoms with van der Waals surface area (Å²) in [6, 6.07) is 0. The molecule has 0 unspecified atom stereocenters. The SMILES string of the molecule is CC#CC#CC#CC#CC#CC#CC#CC#CC(=O)O[C@@H](COC(C)=O)CC(F)(F)P(=O)([O-])[O-].[Na+].[Na+]. The molecule has 0 aliphatic carbocycles. The van der Waals surface area contributed by atoms with E-state index in [4.69, 9.17) is 0 Å². The van der Waals surface area contributed by atoms with Crippen LogP contribution >= 0.6 is 7.60 Å². The predicted octanol–water partition coefficient (Wildman–Crippen LogP) is -6.59. The number of rotatable bonds is 6. The van der Waals surface area contributed by atoms with Crippen LogP contribution in [0.4, 0.5) is 8.78 Å². The molecule has 0 heterocycles. The minimum Gasteiger partial charge on any atom is -0.807 e. The van der Waals surface area contributed by atoms with Crippen molar-refractivity contribution in [2.24, 2.45) is 0 Å². The molecule has 0 saturated heterocycles. The van der Waals surface area contributed by atoms with Crippen molar-refractivity contribution in [3.8, 4) is 94.7 Å². The van der Waals surface area contributed by atoms with Gasteiger partial charge in [-0.2, -0.15) is 0 Å². The van der Waals surface area contributed by atoms with E-state index in [1.54, 1.807) is 6.92 Å². The monoisotopic (exact) mass is 526 g/mol. The summed E-state index contributed by atoms with van der Waals surface area (Å²) in [5, 5.41) is 0. The maximum absolute atomic E-state index is 13.4. The van der Waals surface area contributed by atoms with E-state index < -0.39 is 44.3 Å². The topological polar surface area (TPSA) is 116 Å². The molecule has 0 aromatic heterocycles. The molecule has 0 spiro atoms. The van der Waals surface area contributed by atoms with Crippen molar-refractivity contribution in [1.29, 1.82) is 0 Å². The molecular weight excluding hydrogens is 515 g/mol. The van der Waals surface area contributed by atoms with Crippen LogP contribution in [-0.4, -0.2) is 30.3 Å². The zero-order valence-electron chi connectivity index (χ0n) is 19.6. The Kier molecular flexibility index (Phi) is 22.9. The third-order valence-electron chi connectivity index (χ3n) is 2.72. The Morgan fingerprint density at radius 3 is 1.58 bits per heavy atom. The summed E-state index contributed by atoms with van der Waals surface area (Å²) < 4.78 is 46.4. The maximum atomic E-state index is 13.4. The van der Waals surface area contributed by atoms with Crippen LogP contribution in [-0.2, 0) is 23.6 Å². The standard InChI is InChI=1S/C24H13F2O7P.2Na/c1-3-4-5-6-7-8-9-10-11-12-13-14-15-16-17-18-23(28)33-22(20-32-21(2)27)19-24(25,26)34(29,30)31;;/h22H,19-20H2,1-2H3,(H2,29,30,31);;/q;2*+1/p-2/t22-;;/m1../s1. The number of alkyl halides is 2. The van der Waals surface area contributed by atoms with Crippen LogP contribution < -0.4 is 68.9 Å². The number of carbonyl (C=O) groups is 2. The Labute approximate surface area is 252 Å². The molecule has 0 aromatic rings. The van der Waals surface area contributed by atoms with E-state index in [-0.39, 0.29) is 59.1 Å². The summed E-state index contributed by atoms with van der Waals surface area (Å²) in [4.78, 5) is 43.6. The molecule has 0 amide bonds. The molecule has 0 bridgehead atoms. The van der Waals surface area contributed by atoms with E-state index in [9.17, 15) is 32.7 Å². The largest absolute Gasteiger partial charge is 1.00 e. The summed E-state index contributed by atoms with van der Waals surface area (Å²) in [6.07, 6.45) is -3.66. The third-order valence-corrected chi connectivity index (χ3v) is 3.71. The van der Waals surface area contributed by atoms with Crippen molar-refractivity contribution in [2.45, 2.75) is 32.0 Å². The first kappa shape index (κ1) is 38.0. The number of carbonyl (C=O) groups excluding carboxylic acids is 2. The second-order valence-electron chi connectivity index (χ2n) is 5.32. The van der Waals surface area contributed by atoms with Gasteiger partial charge in [0.15, 0.2) is 0 Å². The van der Waals surface area contributed by atoms with Crippen molar-refractivity contribution in [1.82, 2.24) is 0 Å². The normalized spacial score (nSPS) is 8.72. The Bertz CT molecular complexity index is 1360. The van der Waals surface area contributed by atoms with Gasteiger partial charge in [0, 0.05) is 20.4 Å². The fourth-order valence-electron chi connectivity index (χ4n) is 1.43. The molecule has 0 radical (unpaired) electrons. The average molecular weight is 526 g/mol. The van der Waals surface area contributed by atoms with E-state index in [1.165, 1.54) is 0 Å². The summed E-state index contributed by atoms with van der Waals surface area (Å²) >= 11 is 0. The molecule has 1 atom stereocenters. The number of hydrogen-bond donors (Lipinski definition) is 0. The summed E-state index contributed by atoms with van der Waals surface area (Å²) in [7, 11) is -6.34. The van der Waals surface area contributed by atoms with Crippen LogP contribution in [0.1, 0.15) is 20.3 Å². The second-order valence-corrected chi connectivity index (χ2v) is 6.97. The van der Waals surface area contributed by atoms with Gasteiger partial charge < -0.3 is 23.8 Å². The molecule has 170 valence electrons. The minimum atomic E-state index is -6.34. The molecule has 0 N–H and O–H groups in total. The van der Waals surface area contributed by atoms with Gasteiger partial charge in [0.25, 0.3) is 5.66 Å². The molecule has 0 aromatic carbocycles. The predicted molar refractivity (Wildman–Crippen MR) is 112 cm³/mol. The smallest absolute Gasteiger partial charge is 0.807 e. The summed E-state index contributed by atoms with van der Waals surface area (Å²) in [5.74, 6) is 34.7. The van der Waals surface area contributed by atoms with Gasteiger partial charge in [-0.3, -0.25) is 4.79 Å². The van der Waals surface area contributed by atoms with Crippen LogP contribution in [0.25, 0.3) is 0 Å². The molecule has 36 heavy (non-hydrogen) atoms. The van der Waals surface area contributed by atoms with E-state index in [0.29, 0.717) is 0 Å². The van der Waals surface area contributed by atoms with Gasteiger partial charge in [-0.25, -0.2) is 13.6 Å². The van der Waals surface area contributed by atoms with Gasteiger partial charge in [-0.15, -0.1) is 0 Å².